The van der Waals surface area contributed by atoms with Crippen molar-refractivity contribution in [3.05, 3.63) is 12.0 Å². The number of ether oxygens (including phenoxy) is 1. The Balaban J connectivity index is 2.68. The van der Waals surface area contributed by atoms with Crippen molar-refractivity contribution in [2.75, 3.05) is 6.61 Å². The summed E-state index contributed by atoms with van der Waals surface area (Å²) < 4.78 is 40.3. The minimum atomic E-state index is -4.84. The zero-order chi connectivity index (χ0) is 11.0. The van der Waals surface area contributed by atoms with Gasteiger partial charge in [-0.15, -0.1) is 0 Å². The number of alkyl halides is 3. The standard InChI is InChI=1S/C8H10F3NO2/c1-7(2)4-14-6(12-7)3-5(13)8(9,10)11/h3,12H,4H2,1-2H3. The van der Waals surface area contributed by atoms with E-state index in [0.29, 0.717) is 6.08 Å². The molecular weight excluding hydrogens is 199 g/mol. The van der Waals surface area contributed by atoms with Crippen molar-refractivity contribution in [3.8, 4) is 0 Å². The molecule has 0 aromatic rings. The number of hydrogen-bond donors (Lipinski definition) is 1. The minimum absolute atomic E-state index is 0.127. The molecule has 0 aromatic heterocycles. The summed E-state index contributed by atoms with van der Waals surface area (Å²) in [4.78, 5) is 10.5. The zero-order valence-corrected chi connectivity index (χ0v) is 7.73. The molecule has 0 atom stereocenters. The highest BCUT2D eigenvalue weighted by Gasteiger charge is 2.38. The van der Waals surface area contributed by atoms with Gasteiger partial charge in [-0.2, -0.15) is 13.2 Å². The summed E-state index contributed by atoms with van der Waals surface area (Å²) in [6.45, 7) is 3.75. The molecular formula is C8H10F3NO2. The predicted molar refractivity (Wildman–Crippen MR) is 42.3 cm³/mol. The van der Waals surface area contributed by atoms with Gasteiger partial charge < -0.3 is 10.1 Å². The maximum Gasteiger partial charge on any atom is 0.454 e. The molecule has 1 saturated heterocycles. The summed E-state index contributed by atoms with van der Waals surface area (Å²) in [5.74, 6) is -2.05. The second kappa shape index (κ2) is 3.18. The molecule has 0 radical (unpaired) electrons. The normalized spacial score (nSPS) is 23.1. The van der Waals surface area contributed by atoms with E-state index in [0.717, 1.165) is 0 Å². The van der Waals surface area contributed by atoms with Crippen molar-refractivity contribution < 1.29 is 22.7 Å². The summed E-state index contributed by atoms with van der Waals surface area (Å²) in [5, 5.41) is 2.65. The third-order valence-electron chi connectivity index (χ3n) is 1.59. The smallest absolute Gasteiger partial charge is 0.454 e. The van der Waals surface area contributed by atoms with Crippen LogP contribution in [0.15, 0.2) is 12.0 Å². The molecule has 0 saturated carbocycles. The summed E-state index contributed by atoms with van der Waals surface area (Å²) in [7, 11) is 0. The van der Waals surface area contributed by atoms with Crippen molar-refractivity contribution in [1.29, 1.82) is 0 Å². The van der Waals surface area contributed by atoms with Crippen molar-refractivity contribution in [2.24, 2.45) is 0 Å². The van der Waals surface area contributed by atoms with E-state index in [1.807, 2.05) is 0 Å². The quantitative estimate of drug-likeness (QED) is 0.662. The average molecular weight is 209 g/mol. The second-order valence-corrected chi connectivity index (χ2v) is 3.67. The lowest BCUT2D eigenvalue weighted by Crippen LogP contribution is -2.34. The van der Waals surface area contributed by atoms with Crippen LogP contribution >= 0.6 is 0 Å². The largest absolute Gasteiger partial charge is 0.477 e. The van der Waals surface area contributed by atoms with E-state index in [1.165, 1.54) is 0 Å². The molecule has 1 aliphatic rings. The van der Waals surface area contributed by atoms with Crippen LogP contribution in [0.1, 0.15) is 13.8 Å². The molecule has 1 rings (SSSR count). The molecule has 1 N–H and O–H groups in total. The van der Waals surface area contributed by atoms with Crippen LogP contribution in [-0.2, 0) is 9.53 Å². The highest BCUT2D eigenvalue weighted by molar-refractivity contribution is 5.94. The highest BCUT2D eigenvalue weighted by Crippen LogP contribution is 2.20. The van der Waals surface area contributed by atoms with E-state index in [-0.39, 0.29) is 12.5 Å². The van der Waals surface area contributed by atoms with Crippen LogP contribution < -0.4 is 5.32 Å². The lowest BCUT2D eigenvalue weighted by atomic mass is 10.1. The molecule has 80 valence electrons. The summed E-state index contributed by atoms with van der Waals surface area (Å²) in [5.41, 5.74) is -0.433. The first-order chi connectivity index (χ1) is 6.21. The van der Waals surface area contributed by atoms with Crippen LogP contribution in [0.3, 0.4) is 0 Å². The van der Waals surface area contributed by atoms with Gasteiger partial charge in [-0.3, -0.25) is 4.79 Å². The van der Waals surface area contributed by atoms with Gasteiger partial charge in [0.15, 0.2) is 5.88 Å². The van der Waals surface area contributed by atoms with Crippen LogP contribution in [0.25, 0.3) is 0 Å². The molecule has 3 nitrogen and oxygen atoms in total. The first-order valence-electron chi connectivity index (χ1n) is 3.94. The van der Waals surface area contributed by atoms with E-state index in [1.54, 1.807) is 13.8 Å². The minimum Gasteiger partial charge on any atom is -0.477 e. The molecule has 1 aliphatic heterocycles. The summed E-state index contributed by atoms with van der Waals surface area (Å²) in [6.07, 6.45) is -4.42. The Labute approximate surface area is 78.9 Å². The molecule has 6 heteroatoms. The number of halogens is 3. The first kappa shape index (κ1) is 10.9. The SMILES string of the molecule is CC1(C)COC(=CC(=O)C(F)(F)F)N1. The Morgan fingerprint density at radius 3 is 2.50 bits per heavy atom. The van der Waals surface area contributed by atoms with E-state index < -0.39 is 17.5 Å². The fraction of sp³-hybridized carbons (Fsp3) is 0.625. The predicted octanol–water partition coefficient (Wildman–Crippen LogP) is 1.36. The van der Waals surface area contributed by atoms with Gasteiger partial charge in [-0.25, -0.2) is 0 Å². The third-order valence-corrected chi connectivity index (χ3v) is 1.59. The molecule has 1 heterocycles. The van der Waals surface area contributed by atoms with E-state index in [9.17, 15) is 18.0 Å². The Morgan fingerprint density at radius 2 is 2.14 bits per heavy atom. The number of hydrogen-bond acceptors (Lipinski definition) is 3. The molecule has 0 aliphatic carbocycles. The monoisotopic (exact) mass is 209 g/mol. The van der Waals surface area contributed by atoms with E-state index in [2.05, 4.69) is 5.32 Å². The van der Waals surface area contributed by atoms with Gasteiger partial charge in [0.25, 0.3) is 5.78 Å². The number of rotatable bonds is 1. The Bertz CT molecular complexity index is 281. The van der Waals surface area contributed by atoms with Gasteiger partial charge >= 0.3 is 6.18 Å². The highest BCUT2D eigenvalue weighted by atomic mass is 19.4. The van der Waals surface area contributed by atoms with Crippen molar-refractivity contribution >= 4 is 5.78 Å². The van der Waals surface area contributed by atoms with Gasteiger partial charge in [0, 0.05) is 0 Å². The fourth-order valence-electron chi connectivity index (χ4n) is 0.943. The number of allylic oxidation sites excluding steroid dienone is 1. The number of carbonyl (C=O) groups excluding carboxylic acids is 1. The van der Waals surface area contributed by atoms with E-state index >= 15 is 0 Å². The van der Waals surface area contributed by atoms with Crippen LogP contribution in [0.5, 0.6) is 0 Å². The number of carbonyl (C=O) groups is 1. The summed E-state index contributed by atoms with van der Waals surface area (Å²) in [6, 6.07) is 0. The summed E-state index contributed by atoms with van der Waals surface area (Å²) >= 11 is 0. The Kier molecular flexibility index (Phi) is 2.47. The average Bonchev–Trinajstić information content (AvgIpc) is 2.28. The van der Waals surface area contributed by atoms with Gasteiger partial charge in [-0.05, 0) is 13.8 Å². The first-order valence-corrected chi connectivity index (χ1v) is 3.94. The van der Waals surface area contributed by atoms with Crippen molar-refractivity contribution in [1.82, 2.24) is 5.32 Å². The van der Waals surface area contributed by atoms with Crippen molar-refractivity contribution in [2.45, 2.75) is 25.6 Å². The van der Waals surface area contributed by atoms with Gasteiger partial charge in [0.1, 0.15) is 6.61 Å². The fourth-order valence-corrected chi connectivity index (χ4v) is 0.943. The molecule has 14 heavy (non-hydrogen) atoms. The maximum atomic E-state index is 11.8. The molecule has 0 aromatic carbocycles. The Morgan fingerprint density at radius 1 is 1.57 bits per heavy atom. The molecule has 0 spiro atoms. The zero-order valence-electron chi connectivity index (χ0n) is 7.73. The molecule has 0 unspecified atom stereocenters. The van der Waals surface area contributed by atoms with Gasteiger partial charge in [0.2, 0.25) is 0 Å². The third kappa shape index (κ3) is 2.65. The number of nitrogens with one attached hydrogen (secondary N) is 1. The second-order valence-electron chi connectivity index (χ2n) is 3.67. The maximum absolute atomic E-state index is 11.8. The van der Waals surface area contributed by atoms with Crippen LogP contribution in [0.2, 0.25) is 0 Å². The molecule has 0 amide bonds. The lowest BCUT2D eigenvalue weighted by molar-refractivity contribution is -0.165. The molecule has 0 bridgehead atoms. The van der Waals surface area contributed by atoms with Gasteiger partial charge in [-0.1, -0.05) is 0 Å². The van der Waals surface area contributed by atoms with Crippen LogP contribution in [0, 0.1) is 0 Å². The van der Waals surface area contributed by atoms with Crippen molar-refractivity contribution in [3.63, 3.8) is 0 Å². The number of ketones is 1. The van der Waals surface area contributed by atoms with Crippen LogP contribution in [-0.4, -0.2) is 24.1 Å². The topological polar surface area (TPSA) is 38.3 Å². The lowest BCUT2D eigenvalue weighted by Gasteiger charge is -2.13. The van der Waals surface area contributed by atoms with Gasteiger partial charge in [0.05, 0.1) is 11.6 Å². The Hall–Kier alpha value is -1.20. The van der Waals surface area contributed by atoms with Crippen LogP contribution in [0.4, 0.5) is 13.2 Å². The molecule has 1 fully saturated rings. The van der Waals surface area contributed by atoms with E-state index in [4.69, 9.17) is 4.74 Å².